The summed E-state index contributed by atoms with van der Waals surface area (Å²) >= 11 is 0. The fraction of sp³-hybridized carbons (Fsp3) is 0.600. The Balaban J connectivity index is 2.38. The number of esters is 1. The Morgan fingerprint density at radius 1 is 1.00 bits per heavy atom. The molecule has 0 aromatic heterocycles. The maximum Gasteiger partial charge on any atom is 0.311 e. The van der Waals surface area contributed by atoms with Gasteiger partial charge >= 0.3 is 5.97 Å². The van der Waals surface area contributed by atoms with Gasteiger partial charge in [-0.25, -0.2) is 0 Å². The predicted octanol–water partition coefficient (Wildman–Crippen LogP) is 4.38. The van der Waals surface area contributed by atoms with Crippen LogP contribution in [0.25, 0.3) is 0 Å². The van der Waals surface area contributed by atoms with Crippen LogP contribution >= 0.6 is 0 Å². The largest absolute Gasteiger partial charge is 0.493 e. The second-order valence-electron chi connectivity index (χ2n) is 6.11. The van der Waals surface area contributed by atoms with Crippen molar-refractivity contribution in [2.24, 2.45) is 0 Å². The predicted molar refractivity (Wildman–Crippen MR) is 98.8 cm³/mol. The number of unbranched alkanes of at least 4 members (excludes halogenated alkanes) is 5. The monoisotopic (exact) mass is 349 g/mol. The van der Waals surface area contributed by atoms with Gasteiger partial charge in [0.25, 0.3) is 0 Å². The van der Waals surface area contributed by atoms with E-state index in [1.165, 1.54) is 32.8 Å². The standard InChI is InChI=1S/C20H31NO4/c1-4-6-7-8-9-10-11-19(22)21-15-16-12-13-17(18(14-16)24-3)25-20(23)5-2/h12-14H,4-11,15H2,1-3H3,(H,21,22). The summed E-state index contributed by atoms with van der Waals surface area (Å²) in [7, 11) is 1.53. The lowest BCUT2D eigenvalue weighted by Gasteiger charge is -2.11. The molecule has 0 spiro atoms. The van der Waals surface area contributed by atoms with Crippen LogP contribution in [0.3, 0.4) is 0 Å². The van der Waals surface area contributed by atoms with Crippen molar-refractivity contribution in [3.8, 4) is 11.5 Å². The van der Waals surface area contributed by atoms with Gasteiger partial charge in [0, 0.05) is 19.4 Å². The Morgan fingerprint density at radius 3 is 2.40 bits per heavy atom. The maximum atomic E-state index is 11.9. The summed E-state index contributed by atoms with van der Waals surface area (Å²) in [4.78, 5) is 23.3. The molecule has 0 aliphatic carbocycles. The van der Waals surface area contributed by atoms with Gasteiger partial charge in [-0.2, -0.15) is 0 Å². The molecule has 1 amide bonds. The van der Waals surface area contributed by atoms with Crippen molar-refractivity contribution < 1.29 is 19.1 Å². The minimum Gasteiger partial charge on any atom is -0.493 e. The molecule has 5 heteroatoms. The highest BCUT2D eigenvalue weighted by molar-refractivity contribution is 5.76. The first-order chi connectivity index (χ1) is 12.1. The average Bonchev–Trinajstić information content (AvgIpc) is 2.63. The fourth-order valence-corrected chi connectivity index (χ4v) is 2.46. The number of rotatable bonds is 12. The molecule has 1 rings (SSSR count). The van der Waals surface area contributed by atoms with Crippen LogP contribution in [0.5, 0.6) is 11.5 Å². The molecule has 0 unspecified atom stereocenters. The summed E-state index contributed by atoms with van der Waals surface area (Å²) in [6.07, 6.45) is 7.89. The molecule has 25 heavy (non-hydrogen) atoms. The van der Waals surface area contributed by atoms with Crippen molar-refractivity contribution in [1.29, 1.82) is 0 Å². The van der Waals surface area contributed by atoms with Crippen LogP contribution in [0.15, 0.2) is 18.2 Å². The first-order valence-electron chi connectivity index (χ1n) is 9.25. The second-order valence-corrected chi connectivity index (χ2v) is 6.11. The molecule has 1 aromatic rings. The van der Waals surface area contributed by atoms with Crippen molar-refractivity contribution in [1.82, 2.24) is 5.32 Å². The number of benzene rings is 1. The summed E-state index contributed by atoms with van der Waals surface area (Å²) in [6, 6.07) is 5.30. The van der Waals surface area contributed by atoms with Gasteiger partial charge < -0.3 is 14.8 Å². The highest BCUT2D eigenvalue weighted by atomic mass is 16.6. The normalized spacial score (nSPS) is 10.4. The first kappa shape index (κ1) is 21.0. The number of nitrogens with one attached hydrogen (secondary N) is 1. The average molecular weight is 349 g/mol. The smallest absolute Gasteiger partial charge is 0.311 e. The van der Waals surface area contributed by atoms with Gasteiger partial charge in [0.2, 0.25) is 5.91 Å². The summed E-state index contributed by atoms with van der Waals surface area (Å²) in [5, 5.41) is 2.92. The minimum absolute atomic E-state index is 0.0657. The van der Waals surface area contributed by atoms with Crippen LogP contribution in [0.1, 0.15) is 70.8 Å². The quantitative estimate of drug-likeness (QED) is 0.345. The Morgan fingerprint density at radius 2 is 1.72 bits per heavy atom. The molecule has 0 saturated heterocycles. The van der Waals surface area contributed by atoms with Crippen LogP contribution < -0.4 is 14.8 Å². The van der Waals surface area contributed by atoms with E-state index in [9.17, 15) is 9.59 Å². The third kappa shape index (κ3) is 8.57. The lowest BCUT2D eigenvalue weighted by atomic mass is 10.1. The van der Waals surface area contributed by atoms with E-state index in [-0.39, 0.29) is 11.9 Å². The molecule has 140 valence electrons. The third-order valence-corrected chi connectivity index (χ3v) is 3.99. The Labute approximate surface area is 151 Å². The van der Waals surface area contributed by atoms with E-state index < -0.39 is 0 Å². The van der Waals surface area contributed by atoms with Crippen LogP contribution in [-0.2, 0) is 16.1 Å². The number of carbonyl (C=O) groups excluding carboxylic acids is 2. The first-order valence-corrected chi connectivity index (χ1v) is 9.25. The molecule has 0 aliphatic rings. The van der Waals surface area contributed by atoms with Gasteiger partial charge in [0.1, 0.15) is 0 Å². The molecule has 1 N–H and O–H groups in total. The fourth-order valence-electron chi connectivity index (χ4n) is 2.46. The second kappa shape index (κ2) is 12.3. The van der Waals surface area contributed by atoms with Crippen molar-refractivity contribution in [2.75, 3.05) is 7.11 Å². The molecule has 0 aliphatic heterocycles. The molecule has 5 nitrogen and oxygen atoms in total. The molecule has 0 bridgehead atoms. The van der Waals surface area contributed by atoms with Gasteiger partial charge in [0.05, 0.1) is 7.11 Å². The van der Waals surface area contributed by atoms with Crippen molar-refractivity contribution in [3.63, 3.8) is 0 Å². The van der Waals surface area contributed by atoms with Crippen LogP contribution in [-0.4, -0.2) is 19.0 Å². The van der Waals surface area contributed by atoms with E-state index in [1.807, 2.05) is 6.07 Å². The summed E-state index contributed by atoms with van der Waals surface area (Å²) < 4.78 is 10.5. The molecule has 1 aromatic carbocycles. The molecule has 0 fully saturated rings. The molecular weight excluding hydrogens is 318 g/mol. The Kier molecular flexibility index (Phi) is 10.4. The lowest BCUT2D eigenvalue weighted by molar-refractivity contribution is -0.134. The molecule has 0 radical (unpaired) electrons. The Bertz CT molecular complexity index is 542. The Hall–Kier alpha value is -2.04. The van der Waals surface area contributed by atoms with Crippen molar-refractivity contribution in [2.45, 2.75) is 71.8 Å². The van der Waals surface area contributed by atoms with Gasteiger partial charge in [-0.15, -0.1) is 0 Å². The summed E-state index contributed by atoms with van der Waals surface area (Å²) in [5.74, 6) is 0.648. The van der Waals surface area contributed by atoms with Gasteiger partial charge in [-0.05, 0) is 24.1 Å². The van der Waals surface area contributed by atoms with E-state index in [0.717, 1.165) is 18.4 Å². The number of amides is 1. The van der Waals surface area contributed by atoms with Gasteiger partial charge in [0.15, 0.2) is 11.5 Å². The van der Waals surface area contributed by atoms with Crippen molar-refractivity contribution in [3.05, 3.63) is 23.8 Å². The topological polar surface area (TPSA) is 64.6 Å². The SMILES string of the molecule is CCCCCCCCC(=O)NCc1ccc(OC(=O)CC)c(OC)c1. The number of hydrogen-bond acceptors (Lipinski definition) is 4. The zero-order valence-electron chi connectivity index (χ0n) is 15.7. The van der Waals surface area contributed by atoms with E-state index in [1.54, 1.807) is 19.1 Å². The van der Waals surface area contributed by atoms with E-state index in [2.05, 4.69) is 12.2 Å². The summed E-state index contributed by atoms with van der Waals surface area (Å²) in [5.41, 5.74) is 0.907. The minimum atomic E-state index is -0.307. The van der Waals surface area contributed by atoms with E-state index in [0.29, 0.717) is 30.9 Å². The molecular formula is C20H31NO4. The van der Waals surface area contributed by atoms with Crippen LogP contribution in [0, 0.1) is 0 Å². The molecule has 0 atom stereocenters. The zero-order chi connectivity index (χ0) is 18.5. The highest BCUT2D eigenvalue weighted by Gasteiger charge is 2.10. The number of hydrogen-bond donors (Lipinski definition) is 1. The van der Waals surface area contributed by atoms with Crippen LogP contribution in [0.4, 0.5) is 0 Å². The number of carbonyl (C=O) groups is 2. The van der Waals surface area contributed by atoms with Gasteiger partial charge in [-0.1, -0.05) is 52.0 Å². The highest BCUT2D eigenvalue weighted by Crippen LogP contribution is 2.28. The van der Waals surface area contributed by atoms with Crippen molar-refractivity contribution >= 4 is 11.9 Å². The van der Waals surface area contributed by atoms with Crippen LogP contribution in [0.2, 0.25) is 0 Å². The van der Waals surface area contributed by atoms with E-state index in [4.69, 9.17) is 9.47 Å². The van der Waals surface area contributed by atoms with E-state index >= 15 is 0 Å². The zero-order valence-corrected chi connectivity index (χ0v) is 15.7. The van der Waals surface area contributed by atoms with Gasteiger partial charge in [-0.3, -0.25) is 9.59 Å². The molecule has 0 saturated carbocycles. The summed E-state index contributed by atoms with van der Waals surface area (Å²) in [6.45, 7) is 4.37. The number of methoxy groups -OCH3 is 1. The lowest BCUT2D eigenvalue weighted by Crippen LogP contribution is -2.22. The maximum absolute atomic E-state index is 11.9. The number of ether oxygens (including phenoxy) is 2. The molecule has 0 heterocycles. The third-order valence-electron chi connectivity index (χ3n) is 3.99.